The molecule has 0 saturated heterocycles. The van der Waals surface area contributed by atoms with Gasteiger partial charge in [-0.3, -0.25) is 4.79 Å². The van der Waals surface area contributed by atoms with E-state index in [1.807, 2.05) is 30.3 Å². The second-order valence-electron chi connectivity index (χ2n) is 5.20. The number of amides is 1. The van der Waals surface area contributed by atoms with Crippen molar-refractivity contribution in [2.75, 3.05) is 0 Å². The second kappa shape index (κ2) is 6.00. The standard InChI is InChI=1S/C17H15NO5/c1-10(15-8-11-4-2-3-5-13(11)23-15)16(19)18-9-12-6-7-14(22-12)17(20)21/h2-8,10H,9H2,1H3,(H,18,19)(H,20,21)/t10-/m0/s1. The number of carboxylic acid groups (broad SMARTS) is 1. The molecule has 1 aromatic carbocycles. The van der Waals surface area contributed by atoms with E-state index in [2.05, 4.69) is 5.32 Å². The second-order valence-corrected chi connectivity index (χ2v) is 5.20. The molecule has 0 bridgehead atoms. The average Bonchev–Trinajstić information content (AvgIpc) is 3.18. The number of para-hydroxylation sites is 1. The van der Waals surface area contributed by atoms with Crippen molar-refractivity contribution >= 4 is 22.8 Å². The number of hydrogen-bond donors (Lipinski definition) is 2. The molecular weight excluding hydrogens is 298 g/mol. The fourth-order valence-corrected chi connectivity index (χ4v) is 2.26. The van der Waals surface area contributed by atoms with Crippen molar-refractivity contribution in [3.05, 3.63) is 59.7 Å². The molecule has 2 heterocycles. The van der Waals surface area contributed by atoms with Gasteiger partial charge < -0.3 is 19.3 Å². The molecule has 0 aliphatic carbocycles. The van der Waals surface area contributed by atoms with Gasteiger partial charge in [-0.25, -0.2) is 4.79 Å². The predicted molar refractivity (Wildman–Crippen MR) is 82.1 cm³/mol. The Morgan fingerprint density at radius 2 is 1.96 bits per heavy atom. The van der Waals surface area contributed by atoms with Gasteiger partial charge in [0.05, 0.1) is 12.5 Å². The maximum absolute atomic E-state index is 12.2. The number of carbonyl (C=O) groups excluding carboxylic acids is 1. The Morgan fingerprint density at radius 3 is 2.65 bits per heavy atom. The van der Waals surface area contributed by atoms with Crippen LogP contribution in [0.25, 0.3) is 11.0 Å². The molecule has 0 radical (unpaired) electrons. The quantitative estimate of drug-likeness (QED) is 0.755. The molecule has 0 fully saturated rings. The number of benzene rings is 1. The molecular formula is C17H15NO5. The van der Waals surface area contributed by atoms with Crippen LogP contribution in [0.15, 0.2) is 51.3 Å². The highest BCUT2D eigenvalue weighted by atomic mass is 16.4. The normalized spacial score (nSPS) is 12.2. The largest absolute Gasteiger partial charge is 0.475 e. The minimum atomic E-state index is -1.14. The molecule has 6 heteroatoms. The number of furan rings is 2. The van der Waals surface area contributed by atoms with Crippen molar-refractivity contribution in [1.82, 2.24) is 5.32 Å². The van der Waals surface area contributed by atoms with E-state index in [0.29, 0.717) is 11.5 Å². The van der Waals surface area contributed by atoms with E-state index in [1.165, 1.54) is 12.1 Å². The lowest BCUT2D eigenvalue weighted by Gasteiger charge is -2.08. The first-order chi connectivity index (χ1) is 11.0. The molecule has 1 amide bonds. The molecule has 2 N–H and O–H groups in total. The average molecular weight is 313 g/mol. The molecule has 0 aliphatic heterocycles. The van der Waals surface area contributed by atoms with Crippen LogP contribution in [0.2, 0.25) is 0 Å². The van der Waals surface area contributed by atoms with Gasteiger partial charge >= 0.3 is 5.97 Å². The lowest BCUT2D eigenvalue weighted by atomic mass is 10.1. The molecule has 118 valence electrons. The predicted octanol–water partition coefficient (Wildman–Crippen LogP) is 3.14. The summed E-state index contributed by atoms with van der Waals surface area (Å²) in [6.45, 7) is 1.87. The highest BCUT2D eigenvalue weighted by molar-refractivity contribution is 5.85. The highest BCUT2D eigenvalue weighted by Crippen LogP contribution is 2.25. The number of nitrogens with one attached hydrogen (secondary N) is 1. The van der Waals surface area contributed by atoms with Crippen LogP contribution in [0.5, 0.6) is 0 Å². The van der Waals surface area contributed by atoms with Gasteiger partial charge in [0.2, 0.25) is 11.7 Å². The van der Waals surface area contributed by atoms with Gasteiger partial charge in [-0.2, -0.15) is 0 Å². The van der Waals surface area contributed by atoms with E-state index in [-0.39, 0.29) is 18.2 Å². The van der Waals surface area contributed by atoms with Crippen molar-refractivity contribution < 1.29 is 23.5 Å². The minimum absolute atomic E-state index is 0.122. The summed E-state index contributed by atoms with van der Waals surface area (Å²) in [5, 5.41) is 12.4. The molecule has 6 nitrogen and oxygen atoms in total. The Balaban J connectivity index is 1.66. The maximum Gasteiger partial charge on any atom is 0.371 e. The van der Waals surface area contributed by atoms with Crippen molar-refractivity contribution in [3.8, 4) is 0 Å². The number of fused-ring (bicyclic) bond motifs is 1. The Bertz CT molecular complexity index is 828. The van der Waals surface area contributed by atoms with Crippen molar-refractivity contribution in [1.29, 1.82) is 0 Å². The SMILES string of the molecule is C[C@H](C(=O)NCc1ccc(C(=O)O)o1)c1cc2ccccc2o1. The number of carbonyl (C=O) groups is 2. The van der Waals surface area contributed by atoms with E-state index in [9.17, 15) is 9.59 Å². The fourth-order valence-electron chi connectivity index (χ4n) is 2.26. The van der Waals surface area contributed by atoms with Crippen LogP contribution in [-0.2, 0) is 11.3 Å². The van der Waals surface area contributed by atoms with E-state index in [1.54, 1.807) is 6.92 Å². The smallest absolute Gasteiger partial charge is 0.371 e. The third-order valence-corrected chi connectivity index (χ3v) is 3.57. The number of aromatic carboxylic acids is 1. The number of carboxylic acids is 1. The van der Waals surface area contributed by atoms with Gasteiger partial charge in [0.1, 0.15) is 17.1 Å². The first kappa shape index (κ1) is 14.9. The Hall–Kier alpha value is -3.02. The summed E-state index contributed by atoms with van der Waals surface area (Å²) in [4.78, 5) is 22.9. The van der Waals surface area contributed by atoms with Gasteiger partial charge in [0.15, 0.2) is 0 Å². The summed E-state index contributed by atoms with van der Waals surface area (Å²) < 4.78 is 10.8. The van der Waals surface area contributed by atoms with Gasteiger partial charge in [-0.05, 0) is 31.2 Å². The summed E-state index contributed by atoms with van der Waals surface area (Å²) in [6, 6.07) is 12.3. The lowest BCUT2D eigenvalue weighted by molar-refractivity contribution is -0.122. The fraction of sp³-hybridized carbons (Fsp3) is 0.176. The summed E-state index contributed by atoms with van der Waals surface area (Å²) in [5.41, 5.74) is 0.735. The molecule has 3 aromatic rings. The zero-order valence-electron chi connectivity index (χ0n) is 12.4. The van der Waals surface area contributed by atoms with Gasteiger partial charge in [-0.1, -0.05) is 18.2 Å². The van der Waals surface area contributed by atoms with Crippen LogP contribution >= 0.6 is 0 Å². The lowest BCUT2D eigenvalue weighted by Crippen LogP contribution is -2.27. The Labute approximate surface area is 131 Å². The zero-order chi connectivity index (χ0) is 16.4. The molecule has 0 saturated carbocycles. The van der Waals surface area contributed by atoms with E-state index < -0.39 is 11.9 Å². The topological polar surface area (TPSA) is 92.7 Å². The van der Waals surface area contributed by atoms with Crippen molar-refractivity contribution in [2.24, 2.45) is 0 Å². The molecule has 1 atom stereocenters. The van der Waals surface area contributed by atoms with Gasteiger partial charge in [0.25, 0.3) is 0 Å². The molecule has 0 spiro atoms. The van der Waals surface area contributed by atoms with E-state index in [0.717, 1.165) is 11.0 Å². The molecule has 0 unspecified atom stereocenters. The van der Waals surface area contributed by atoms with Crippen LogP contribution in [0.4, 0.5) is 0 Å². The minimum Gasteiger partial charge on any atom is -0.475 e. The van der Waals surface area contributed by atoms with E-state index >= 15 is 0 Å². The number of rotatable bonds is 5. The first-order valence-corrected chi connectivity index (χ1v) is 7.13. The zero-order valence-corrected chi connectivity index (χ0v) is 12.4. The van der Waals surface area contributed by atoms with Crippen LogP contribution in [0.1, 0.15) is 34.9 Å². The van der Waals surface area contributed by atoms with Crippen molar-refractivity contribution in [3.63, 3.8) is 0 Å². The summed E-state index contributed by atoms with van der Waals surface area (Å²) in [6.07, 6.45) is 0. The highest BCUT2D eigenvalue weighted by Gasteiger charge is 2.19. The van der Waals surface area contributed by atoms with Gasteiger partial charge in [0, 0.05) is 5.39 Å². The summed E-state index contributed by atoms with van der Waals surface area (Å²) in [5.74, 6) is -1.02. The Morgan fingerprint density at radius 1 is 1.17 bits per heavy atom. The summed E-state index contributed by atoms with van der Waals surface area (Å²) >= 11 is 0. The van der Waals surface area contributed by atoms with E-state index in [4.69, 9.17) is 13.9 Å². The third kappa shape index (κ3) is 3.11. The maximum atomic E-state index is 12.2. The monoisotopic (exact) mass is 313 g/mol. The summed E-state index contributed by atoms with van der Waals surface area (Å²) in [7, 11) is 0. The van der Waals surface area contributed by atoms with Crippen molar-refractivity contribution in [2.45, 2.75) is 19.4 Å². The van der Waals surface area contributed by atoms with Gasteiger partial charge in [-0.15, -0.1) is 0 Å². The molecule has 23 heavy (non-hydrogen) atoms. The Kier molecular flexibility index (Phi) is 3.89. The van der Waals surface area contributed by atoms with Crippen LogP contribution in [-0.4, -0.2) is 17.0 Å². The molecule has 2 aromatic heterocycles. The van der Waals surface area contributed by atoms with Crippen LogP contribution in [0, 0.1) is 0 Å². The van der Waals surface area contributed by atoms with Crippen LogP contribution < -0.4 is 5.32 Å². The van der Waals surface area contributed by atoms with Crippen LogP contribution in [0.3, 0.4) is 0 Å². The molecule has 3 rings (SSSR count). The third-order valence-electron chi connectivity index (χ3n) is 3.57. The first-order valence-electron chi connectivity index (χ1n) is 7.13. The molecule has 0 aliphatic rings. The number of hydrogen-bond acceptors (Lipinski definition) is 4.